The van der Waals surface area contributed by atoms with Gasteiger partial charge in [0.2, 0.25) is 0 Å². The van der Waals surface area contributed by atoms with Crippen molar-refractivity contribution in [3.63, 3.8) is 0 Å². The normalized spacial score (nSPS) is 18.8. The number of hydrogen-bond donors (Lipinski definition) is 2. The molecule has 1 aliphatic rings. The molecule has 0 saturated heterocycles. The van der Waals surface area contributed by atoms with Crippen LogP contribution in [0.15, 0.2) is 54.6 Å². The maximum absolute atomic E-state index is 11.4. The van der Waals surface area contributed by atoms with Crippen LogP contribution in [0.1, 0.15) is 57.2 Å². The largest absolute Gasteiger partial charge is 0.497 e. The first kappa shape index (κ1) is 29.2. The van der Waals surface area contributed by atoms with Gasteiger partial charge in [-0.3, -0.25) is 0 Å². The Kier molecular flexibility index (Phi) is 11.8. The molecule has 1 aliphatic carbocycles. The third-order valence-corrected chi connectivity index (χ3v) is 6.04. The van der Waals surface area contributed by atoms with Crippen molar-refractivity contribution in [2.75, 3.05) is 20.8 Å². The first-order valence-corrected chi connectivity index (χ1v) is 12.6. The number of nitrogens with two attached hydrogens (primary N) is 1. The number of carbonyl (C=O) groups excluding carboxylic acids is 1. The minimum Gasteiger partial charge on any atom is -0.497 e. The average molecular weight is 496 g/mol. The molecule has 1 fully saturated rings. The summed E-state index contributed by atoms with van der Waals surface area (Å²) in [6.07, 6.45) is 5.09. The molecule has 7 nitrogen and oxygen atoms in total. The molecule has 0 atom stereocenters. The van der Waals surface area contributed by atoms with Crippen LogP contribution in [0.3, 0.4) is 0 Å². The summed E-state index contributed by atoms with van der Waals surface area (Å²) in [5, 5.41) is 16.2. The zero-order valence-electron chi connectivity index (χ0n) is 22.2. The predicted molar refractivity (Wildman–Crippen MR) is 145 cm³/mol. The zero-order chi connectivity index (χ0) is 26.6. The predicted octanol–water partition coefficient (Wildman–Crippen LogP) is 5.19. The lowest BCUT2D eigenvalue weighted by molar-refractivity contribution is -0.106. The van der Waals surface area contributed by atoms with E-state index < -0.39 is 5.60 Å². The summed E-state index contributed by atoms with van der Waals surface area (Å²) in [7, 11) is 3.40. The van der Waals surface area contributed by atoms with Gasteiger partial charge in [-0.15, -0.1) is 0 Å². The van der Waals surface area contributed by atoms with Crippen LogP contribution in [-0.2, 0) is 15.1 Å². The third-order valence-electron chi connectivity index (χ3n) is 6.04. The highest BCUT2D eigenvalue weighted by atomic mass is 16.5. The van der Waals surface area contributed by atoms with Crippen molar-refractivity contribution in [2.24, 2.45) is 5.73 Å². The van der Waals surface area contributed by atoms with Gasteiger partial charge in [0, 0.05) is 19.2 Å². The summed E-state index contributed by atoms with van der Waals surface area (Å²) in [6.45, 7) is 6.47. The maximum atomic E-state index is 11.4. The van der Waals surface area contributed by atoms with Gasteiger partial charge in [-0.1, -0.05) is 50.1 Å². The summed E-state index contributed by atoms with van der Waals surface area (Å²) < 4.78 is 12.7. The Morgan fingerprint density at radius 3 is 2.11 bits per heavy atom. The number of benzene rings is 2. The summed E-state index contributed by atoms with van der Waals surface area (Å²) in [6, 6.07) is 18.2. The van der Waals surface area contributed by atoms with E-state index in [0.29, 0.717) is 19.1 Å². The van der Waals surface area contributed by atoms with Gasteiger partial charge in [0.15, 0.2) is 0 Å². The average Bonchev–Trinajstić information content (AvgIpc) is 3.37. The standard InChI is InChI=1S/C24H28N2O3.C3H8.C2H5NO/c1-17-4-6-18(7-5-17)22-16-23(24(27)14-12-21(29-3)13-15-24)25-26(22)19-8-10-20(28-2)11-9-19;1-3-2;3-1-2-4/h4-11,16,21,27H,12-15H2,1-3H3;3H2,1-2H3;2H,1,3H2. The van der Waals surface area contributed by atoms with Gasteiger partial charge in [-0.25, -0.2) is 4.68 Å². The minimum atomic E-state index is -0.924. The monoisotopic (exact) mass is 495 g/mol. The Bertz CT molecular complexity index is 1040. The summed E-state index contributed by atoms with van der Waals surface area (Å²) in [4.78, 5) is 9.05. The smallest absolute Gasteiger partial charge is 0.133 e. The van der Waals surface area contributed by atoms with Crippen molar-refractivity contribution in [1.29, 1.82) is 0 Å². The van der Waals surface area contributed by atoms with E-state index in [0.717, 1.165) is 41.2 Å². The second kappa shape index (κ2) is 14.5. The fourth-order valence-electron chi connectivity index (χ4n) is 4.02. The second-order valence-corrected chi connectivity index (χ2v) is 8.97. The van der Waals surface area contributed by atoms with Gasteiger partial charge in [0.1, 0.15) is 17.6 Å². The van der Waals surface area contributed by atoms with Crippen LogP contribution in [0.2, 0.25) is 0 Å². The third kappa shape index (κ3) is 7.75. The molecule has 1 saturated carbocycles. The lowest BCUT2D eigenvalue weighted by atomic mass is 9.81. The molecule has 0 unspecified atom stereocenters. The molecule has 1 aromatic heterocycles. The Balaban J connectivity index is 0.000000583. The van der Waals surface area contributed by atoms with E-state index in [1.165, 1.54) is 12.0 Å². The molecule has 0 bridgehead atoms. The number of methoxy groups -OCH3 is 2. The fourth-order valence-corrected chi connectivity index (χ4v) is 4.02. The Morgan fingerprint density at radius 1 is 1.08 bits per heavy atom. The molecule has 2 aromatic carbocycles. The van der Waals surface area contributed by atoms with Crippen molar-refractivity contribution >= 4 is 6.29 Å². The van der Waals surface area contributed by atoms with Gasteiger partial charge >= 0.3 is 0 Å². The number of aldehydes is 1. The molecule has 0 spiro atoms. The van der Waals surface area contributed by atoms with Gasteiger partial charge < -0.3 is 25.1 Å². The van der Waals surface area contributed by atoms with Crippen molar-refractivity contribution in [1.82, 2.24) is 9.78 Å². The fraction of sp³-hybridized carbons (Fsp3) is 0.448. The van der Waals surface area contributed by atoms with Crippen LogP contribution in [0.25, 0.3) is 16.9 Å². The first-order valence-electron chi connectivity index (χ1n) is 12.6. The topological polar surface area (TPSA) is 99.6 Å². The van der Waals surface area contributed by atoms with E-state index in [4.69, 9.17) is 19.4 Å². The SMILES string of the molecule is CCC.COc1ccc(-n2nc(C3(O)CCC(OC)CC3)cc2-c2ccc(C)cc2)cc1.NCC=O. The van der Waals surface area contributed by atoms with E-state index in [1.807, 2.05) is 35.0 Å². The zero-order valence-corrected chi connectivity index (χ0v) is 22.2. The molecule has 36 heavy (non-hydrogen) atoms. The van der Waals surface area contributed by atoms with Crippen LogP contribution in [0.5, 0.6) is 5.75 Å². The molecule has 0 radical (unpaired) electrons. The molecule has 3 N–H and O–H groups in total. The highest BCUT2D eigenvalue weighted by Gasteiger charge is 2.37. The van der Waals surface area contributed by atoms with E-state index >= 15 is 0 Å². The van der Waals surface area contributed by atoms with Crippen LogP contribution in [0, 0.1) is 6.92 Å². The summed E-state index contributed by atoms with van der Waals surface area (Å²) in [5.74, 6) is 0.800. The lowest BCUT2D eigenvalue weighted by Gasteiger charge is -2.34. The van der Waals surface area contributed by atoms with Crippen molar-refractivity contribution in [2.45, 2.75) is 64.6 Å². The summed E-state index contributed by atoms with van der Waals surface area (Å²) >= 11 is 0. The molecule has 0 amide bonds. The number of aryl methyl sites for hydroxylation is 1. The first-order chi connectivity index (χ1) is 17.3. The molecule has 1 heterocycles. The number of ether oxygens (including phenoxy) is 2. The van der Waals surface area contributed by atoms with Gasteiger partial charge in [0.25, 0.3) is 0 Å². The van der Waals surface area contributed by atoms with Crippen LogP contribution < -0.4 is 10.5 Å². The van der Waals surface area contributed by atoms with E-state index in [-0.39, 0.29) is 12.6 Å². The Hall–Kier alpha value is -3.00. The van der Waals surface area contributed by atoms with Crippen molar-refractivity contribution in [3.05, 3.63) is 65.9 Å². The number of aliphatic hydroxyl groups is 1. The maximum Gasteiger partial charge on any atom is 0.133 e. The molecule has 7 heteroatoms. The Labute approximate surface area is 215 Å². The molecule has 3 aromatic rings. The quantitative estimate of drug-likeness (QED) is 0.457. The van der Waals surface area contributed by atoms with Crippen molar-refractivity contribution < 1.29 is 19.4 Å². The molecule has 196 valence electrons. The van der Waals surface area contributed by atoms with Crippen LogP contribution in [0.4, 0.5) is 0 Å². The highest BCUT2D eigenvalue weighted by molar-refractivity contribution is 5.63. The molecular weight excluding hydrogens is 454 g/mol. The van der Waals surface area contributed by atoms with Gasteiger partial charge in [0.05, 0.1) is 30.3 Å². The number of hydrogen-bond acceptors (Lipinski definition) is 6. The van der Waals surface area contributed by atoms with E-state index in [9.17, 15) is 5.11 Å². The highest BCUT2D eigenvalue weighted by Crippen LogP contribution is 2.39. The Morgan fingerprint density at radius 2 is 1.64 bits per heavy atom. The summed E-state index contributed by atoms with van der Waals surface area (Å²) in [5.41, 5.74) is 8.63. The van der Waals surface area contributed by atoms with E-state index in [2.05, 4.69) is 50.8 Å². The van der Waals surface area contributed by atoms with Gasteiger partial charge in [-0.05, 0) is 62.9 Å². The molecular formula is C29H41N3O4. The number of nitrogens with zero attached hydrogens (tertiary/aromatic N) is 2. The van der Waals surface area contributed by atoms with Crippen LogP contribution >= 0.6 is 0 Å². The number of rotatable bonds is 6. The number of aromatic nitrogens is 2. The van der Waals surface area contributed by atoms with Crippen molar-refractivity contribution in [3.8, 4) is 22.7 Å². The minimum absolute atomic E-state index is 0.139. The number of carbonyl (C=O) groups is 1. The van der Waals surface area contributed by atoms with E-state index in [1.54, 1.807) is 14.2 Å². The van der Waals surface area contributed by atoms with Gasteiger partial charge in [-0.2, -0.15) is 5.10 Å². The molecule has 0 aliphatic heterocycles. The molecule has 4 rings (SSSR count). The lowest BCUT2D eigenvalue weighted by Crippen LogP contribution is -2.34. The second-order valence-electron chi connectivity index (χ2n) is 8.97. The van der Waals surface area contributed by atoms with Crippen LogP contribution in [-0.4, -0.2) is 48.0 Å².